The number of fused-ring (bicyclic) bond motifs is 1. The Bertz CT molecular complexity index is 754. The van der Waals surface area contributed by atoms with Gasteiger partial charge in [-0.25, -0.2) is 4.98 Å². The summed E-state index contributed by atoms with van der Waals surface area (Å²) in [6, 6.07) is 9.27. The van der Waals surface area contributed by atoms with Crippen LogP contribution in [0.4, 0.5) is 5.69 Å². The van der Waals surface area contributed by atoms with Crippen molar-refractivity contribution in [1.82, 2.24) is 15.6 Å². The first-order valence-electron chi connectivity index (χ1n) is 9.30. The van der Waals surface area contributed by atoms with Crippen LogP contribution in [0.25, 0.3) is 0 Å². The van der Waals surface area contributed by atoms with Gasteiger partial charge < -0.3 is 15.5 Å². The molecule has 0 aliphatic carbocycles. The van der Waals surface area contributed by atoms with Gasteiger partial charge in [0.2, 0.25) is 0 Å². The first kappa shape index (κ1) is 21.9. The van der Waals surface area contributed by atoms with Gasteiger partial charge in [-0.1, -0.05) is 18.2 Å². The van der Waals surface area contributed by atoms with E-state index in [1.165, 1.54) is 21.1 Å². The summed E-state index contributed by atoms with van der Waals surface area (Å²) < 4.78 is 0. The molecule has 0 spiro atoms. The number of hydrogen-bond acceptors (Lipinski definition) is 4. The summed E-state index contributed by atoms with van der Waals surface area (Å²) in [5, 5.41) is 8.01. The molecule has 148 valence electrons. The molecule has 2 aromatic rings. The molecule has 5 nitrogen and oxygen atoms in total. The maximum atomic E-state index is 4.59. The van der Waals surface area contributed by atoms with Crippen LogP contribution in [-0.4, -0.2) is 43.7 Å². The normalized spacial score (nSPS) is 16.1. The second-order valence-corrected chi connectivity index (χ2v) is 8.09. The zero-order valence-corrected chi connectivity index (χ0v) is 19.7. The van der Waals surface area contributed by atoms with Crippen molar-refractivity contribution in [2.24, 2.45) is 4.99 Å². The predicted molar refractivity (Wildman–Crippen MR) is 127 cm³/mol. The topological polar surface area (TPSA) is 52.6 Å². The largest absolute Gasteiger partial charge is 0.367 e. The van der Waals surface area contributed by atoms with Gasteiger partial charge >= 0.3 is 0 Å². The van der Waals surface area contributed by atoms with Crippen molar-refractivity contribution in [2.45, 2.75) is 39.7 Å². The monoisotopic (exact) mass is 499 g/mol. The van der Waals surface area contributed by atoms with Gasteiger partial charge in [0.1, 0.15) is 0 Å². The fraction of sp³-hybridized carbons (Fsp3) is 0.500. The van der Waals surface area contributed by atoms with E-state index < -0.39 is 0 Å². The fourth-order valence-electron chi connectivity index (χ4n) is 3.42. The number of aryl methyl sites for hydroxylation is 2. The van der Waals surface area contributed by atoms with Gasteiger partial charge in [0, 0.05) is 49.7 Å². The average Bonchev–Trinajstić information content (AvgIpc) is 3.12. The molecule has 1 aromatic carbocycles. The Kier molecular flexibility index (Phi) is 8.34. The lowest BCUT2D eigenvalue weighted by Gasteiger charge is -2.25. The van der Waals surface area contributed by atoms with E-state index >= 15 is 0 Å². The lowest BCUT2D eigenvalue weighted by molar-refractivity contribution is 0.656. The van der Waals surface area contributed by atoms with Gasteiger partial charge in [0.25, 0.3) is 0 Å². The number of thiazole rings is 1. The van der Waals surface area contributed by atoms with Crippen molar-refractivity contribution < 1.29 is 0 Å². The SMILES string of the molecule is CN=C(NCCc1nc(C)c(C)s1)NCCN1c2ccccc2CC1C.I. The second-order valence-electron chi connectivity index (χ2n) is 6.80. The molecule has 2 N–H and O–H groups in total. The molecular formula is C20H30IN5S. The van der Waals surface area contributed by atoms with E-state index in [4.69, 9.17) is 0 Å². The third kappa shape index (κ3) is 5.57. The van der Waals surface area contributed by atoms with Crippen molar-refractivity contribution in [2.75, 3.05) is 31.6 Å². The second kappa shape index (κ2) is 10.3. The zero-order chi connectivity index (χ0) is 18.5. The van der Waals surface area contributed by atoms with E-state index in [-0.39, 0.29) is 24.0 Å². The lowest BCUT2D eigenvalue weighted by Crippen LogP contribution is -2.43. The van der Waals surface area contributed by atoms with E-state index in [0.717, 1.165) is 44.1 Å². The molecule has 2 heterocycles. The van der Waals surface area contributed by atoms with E-state index in [1.807, 2.05) is 7.05 Å². The number of hydrogen-bond donors (Lipinski definition) is 2. The van der Waals surface area contributed by atoms with Crippen LogP contribution < -0.4 is 15.5 Å². The molecule has 0 saturated carbocycles. The number of para-hydroxylation sites is 1. The molecular weight excluding hydrogens is 469 g/mol. The quantitative estimate of drug-likeness (QED) is 0.363. The predicted octanol–water partition coefficient (Wildman–Crippen LogP) is 3.54. The Balaban J connectivity index is 0.00000261. The highest BCUT2D eigenvalue weighted by molar-refractivity contribution is 14.0. The number of halogens is 1. The summed E-state index contributed by atoms with van der Waals surface area (Å²) in [4.78, 5) is 12.7. The third-order valence-corrected chi connectivity index (χ3v) is 6.05. The number of rotatable bonds is 6. The lowest BCUT2D eigenvalue weighted by atomic mass is 10.1. The molecule has 27 heavy (non-hydrogen) atoms. The van der Waals surface area contributed by atoms with E-state index in [1.54, 1.807) is 11.3 Å². The van der Waals surface area contributed by atoms with Crippen LogP contribution in [0.1, 0.15) is 28.1 Å². The first-order chi connectivity index (χ1) is 12.6. The standard InChI is InChI=1S/C20H29N5S.HI/c1-14-13-17-7-5-6-8-18(17)25(14)12-11-23-20(21-4)22-10-9-19-24-15(2)16(3)26-19;/h5-8,14H,9-13H2,1-4H3,(H2,21,22,23);1H. The van der Waals surface area contributed by atoms with Gasteiger partial charge in [-0.3, -0.25) is 4.99 Å². The molecule has 0 amide bonds. The van der Waals surface area contributed by atoms with E-state index in [2.05, 4.69) is 70.5 Å². The summed E-state index contributed by atoms with van der Waals surface area (Å²) in [6.45, 7) is 9.18. The molecule has 7 heteroatoms. The highest BCUT2D eigenvalue weighted by atomic mass is 127. The number of guanidine groups is 1. The maximum Gasteiger partial charge on any atom is 0.191 e. The van der Waals surface area contributed by atoms with E-state index in [9.17, 15) is 0 Å². The number of nitrogens with one attached hydrogen (secondary N) is 2. The number of aliphatic imine (C=N–C) groups is 1. The molecule has 1 unspecified atom stereocenters. The van der Waals surface area contributed by atoms with Gasteiger partial charge in [-0.2, -0.15) is 0 Å². The number of nitrogens with zero attached hydrogens (tertiary/aromatic N) is 3. The Labute approximate surface area is 183 Å². The van der Waals surface area contributed by atoms with Crippen LogP contribution in [0.2, 0.25) is 0 Å². The minimum absolute atomic E-state index is 0. The van der Waals surface area contributed by atoms with Crippen molar-refractivity contribution >= 4 is 47.0 Å². The Morgan fingerprint density at radius 1 is 1.26 bits per heavy atom. The van der Waals surface area contributed by atoms with Crippen LogP contribution in [0.3, 0.4) is 0 Å². The molecule has 1 aliphatic rings. The smallest absolute Gasteiger partial charge is 0.191 e. The molecule has 0 bridgehead atoms. The molecule has 3 rings (SSSR count). The maximum absolute atomic E-state index is 4.59. The number of anilines is 1. The zero-order valence-electron chi connectivity index (χ0n) is 16.6. The Hall–Kier alpha value is -1.35. The third-order valence-electron chi connectivity index (χ3n) is 4.92. The van der Waals surface area contributed by atoms with Crippen molar-refractivity contribution in [1.29, 1.82) is 0 Å². The highest BCUT2D eigenvalue weighted by Crippen LogP contribution is 2.31. The molecule has 0 fully saturated rings. The first-order valence-corrected chi connectivity index (χ1v) is 10.1. The molecule has 1 aliphatic heterocycles. The summed E-state index contributed by atoms with van der Waals surface area (Å²) in [5.74, 6) is 0.857. The fourth-order valence-corrected chi connectivity index (χ4v) is 4.35. The van der Waals surface area contributed by atoms with Crippen molar-refractivity contribution in [3.63, 3.8) is 0 Å². The summed E-state index contributed by atoms with van der Waals surface area (Å²) in [7, 11) is 1.82. The molecule has 1 aromatic heterocycles. The summed E-state index contributed by atoms with van der Waals surface area (Å²) >= 11 is 1.78. The molecule has 1 atom stereocenters. The number of aromatic nitrogens is 1. The van der Waals surface area contributed by atoms with E-state index in [0.29, 0.717) is 6.04 Å². The Morgan fingerprint density at radius 2 is 2.00 bits per heavy atom. The number of benzene rings is 1. The highest BCUT2D eigenvalue weighted by Gasteiger charge is 2.24. The van der Waals surface area contributed by atoms with Gasteiger partial charge in [-0.05, 0) is 38.8 Å². The van der Waals surface area contributed by atoms with Crippen LogP contribution in [-0.2, 0) is 12.8 Å². The minimum atomic E-state index is 0. The van der Waals surface area contributed by atoms with Crippen LogP contribution >= 0.6 is 35.3 Å². The summed E-state index contributed by atoms with van der Waals surface area (Å²) in [5.41, 5.74) is 3.98. The molecule has 0 radical (unpaired) electrons. The Morgan fingerprint density at radius 3 is 2.70 bits per heavy atom. The van der Waals surface area contributed by atoms with Gasteiger partial charge in [-0.15, -0.1) is 35.3 Å². The van der Waals surface area contributed by atoms with Gasteiger partial charge in [0.05, 0.1) is 10.7 Å². The summed E-state index contributed by atoms with van der Waals surface area (Å²) in [6.07, 6.45) is 2.06. The van der Waals surface area contributed by atoms with Crippen LogP contribution in [0, 0.1) is 13.8 Å². The van der Waals surface area contributed by atoms with Crippen molar-refractivity contribution in [3.05, 3.63) is 45.4 Å². The molecule has 0 saturated heterocycles. The van der Waals surface area contributed by atoms with Crippen LogP contribution in [0.5, 0.6) is 0 Å². The van der Waals surface area contributed by atoms with Gasteiger partial charge in [0.15, 0.2) is 5.96 Å². The minimum Gasteiger partial charge on any atom is -0.367 e. The van der Waals surface area contributed by atoms with Crippen molar-refractivity contribution in [3.8, 4) is 0 Å². The van der Waals surface area contributed by atoms with Crippen LogP contribution in [0.15, 0.2) is 29.3 Å². The average molecular weight is 499 g/mol.